The van der Waals surface area contributed by atoms with E-state index in [0.29, 0.717) is 30.1 Å². The number of hydrogen-bond acceptors (Lipinski definition) is 3. The van der Waals surface area contributed by atoms with Crippen molar-refractivity contribution >= 4 is 10.2 Å². The van der Waals surface area contributed by atoms with E-state index in [1.54, 1.807) is 0 Å². The zero-order chi connectivity index (χ0) is 11.9. The Bertz CT molecular complexity index is 284. The van der Waals surface area contributed by atoms with Crippen molar-refractivity contribution in [3.8, 4) is 0 Å². The predicted molar refractivity (Wildman–Crippen MR) is 67.2 cm³/mol. The standard InChI is InChI=1S/C12H20O3Si/c1-3-13-12(16,14-4-2)15-10-11-8-6-5-7-9-11/h5-9H,3-4,10H2,1-2,16H3. The fourth-order valence-electron chi connectivity index (χ4n) is 1.44. The molecule has 0 heterocycles. The molecule has 0 aliphatic carbocycles. The SMILES string of the molecule is CCOC([SiH3])(OCC)OCc1ccccc1. The fourth-order valence-corrected chi connectivity index (χ4v) is 2.16. The molecule has 0 saturated heterocycles. The lowest BCUT2D eigenvalue weighted by atomic mass is 10.2. The van der Waals surface area contributed by atoms with Crippen LogP contribution in [-0.4, -0.2) is 29.1 Å². The summed E-state index contributed by atoms with van der Waals surface area (Å²) in [6, 6.07) is 10.0. The monoisotopic (exact) mass is 240 g/mol. The summed E-state index contributed by atoms with van der Waals surface area (Å²) in [5.74, 6) is 0. The molecule has 0 aliphatic rings. The molecule has 0 aromatic heterocycles. The molecule has 0 atom stereocenters. The lowest BCUT2D eigenvalue weighted by Crippen LogP contribution is -2.39. The van der Waals surface area contributed by atoms with Crippen LogP contribution >= 0.6 is 0 Å². The van der Waals surface area contributed by atoms with Gasteiger partial charge in [0.15, 0.2) is 0 Å². The molecule has 0 bridgehead atoms. The Kier molecular flexibility index (Phi) is 5.69. The van der Waals surface area contributed by atoms with Crippen LogP contribution in [0.4, 0.5) is 0 Å². The maximum absolute atomic E-state index is 5.71. The molecule has 0 spiro atoms. The van der Waals surface area contributed by atoms with Crippen LogP contribution in [0.5, 0.6) is 0 Å². The first-order valence-corrected chi connectivity index (χ1v) is 6.66. The highest BCUT2D eigenvalue weighted by Gasteiger charge is 2.25. The van der Waals surface area contributed by atoms with Crippen LogP contribution < -0.4 is 0 Å². The molecule has 0 N–H and O–H groups in total. The van der Waals surface area contributed by atoms with E-state index in [-0.39, 0.29) is 0 Å². The van der Waals surface area contributed by atoms with E-state index in [1.807, 2.05) is 44.2 Å². The second-order valence-electron chi connectivity index (χ2n) is 3.50. The fraction of sp³-hybridized carbons (Fsp3) is 0.500. The van der Waals surface area contributed by atoms with E-state index in [9.17, 15) is 0 Å². The Labute approximate surface area is 100 Å². The molecule has 0 amide bonds. The van der Waals surface area contributed by atoms with Gasteiger partial charge in [-0.1, -0.05) is 30.3 Å². The lowest BCUT2D eigenvalue weighted by Gasteiger charge is -2.29. The molecule has 0 unspecified atom stereocenters. The molecular formula is C12H20O3Si. The summed E-state index contributed by atoms with van der Waals surface area (Å²) in [4.78, 5) is 0. The first kappa shape index (κ1) is 13.4. The minimum atomic E-state index is -0.806. The molecule has 0 saturated carbocycles. The number of ether oxygens (including phenoxy) is 3. The van der Waals surface area contributed by atoms with Crippen molar-refractivity contribution in [2.24, 2.45) is 0 Å². The summed E-state index contributed by atoms with van der Waals surface area (Å²) in [7, 11) is 0.682. The molecule has 0 radical (unpaired) electrons. The zero-order valence-corrected chi connectivity index (χ0v) is 12.2. The highest BCUT2D eigenvalue weighted by Crippen LogP contribution is 2.14. The third kappa shape index (κ3) is 4.45. The summed E-state index contributed by atoms with van der Waals surface area (Å²) >= 11 is 0. The summed E-state index contributed by atoms with van der Waals surface area (Å²) in [5.41, 5.74) is 0.321. The van der Waals surface area contributed by atoms with Crippen LogP contribution in [0.15, 0.2) is 30.3 Å². The van der Waals surface area contributed by atoms with Crippen LogP contribution in [0.25, 0.3) is 0 Å². The molecule has 1 rings (SSSR count). The van der Waals surface area contributed by atoms with Crippen LogP contribution in [-0.2, 0) is 20.8 Å². The zero-order valence-electron chi connectivity index (χ0n) is 10.2. The van der Waals surface area contributed by atoms with E-state index < -0.39 is 5.60 Å². The van der Waals surface area contributed by atoms with Gasteiger partial charge in [-0.05, 0) is 19.4 Å². The number of hydrogen-bond donors (Lipinski definition) is 0. The average molecular weight is 240 g/mol. The van der Waals surface area contributed by atoms with Gasteiger partial charge in [-0.15, -0.1) is 0 Å². The third-order valence-corrected chi connectivity index (χ3v) is 3.02. The molecule has 16 heavy (non-hydrogen) atoms. The Hall–Kier alpha value is -0.683. The third-order valence-electron chi connectivity index (χ3n) is 2.16. The van der Waals surface area contributed by atoms with Crippen molar-refractivity contribution in [3.63, 3.8) is 0 Å². The second kappa shape index (κ2) is 6.80. The molecule has 0 fully saturated rings. The summed E-state index contributed by atoms with van der Waals surface area (Å²) < 4.78 is 16.7. The van der Waals surface area contributed by atoms with E-state index in [1.165, 1.54) is 0 Å². The quantitative estimate of drug-likeness (QED) is 0.530. The van der Waals surface area contributed by atoms with E-state index in [0.717, 1.165) is 5.56 Å². The Morgan fingerprint density at radius 3 is 2.06 bits per heavy atom. The van der Waals surface area contributed by atoms with E-state index >= 15 is 0 Å². The van der Waals surface area contributed by atoms with Gasteiger partial charge in [0.2, 0.25) is 5.60 Å². The molecule has 3 nitrogen and oxygen atoms in total. The van der Waals surface area contributed by atoms with Gasteiger partial charge in [-0.25, -0.2) is 0 Å². The van der Waals surface area contributed by atoms with Gasteiger partial charge < -0.3 is 14.2 Å². The highest BCUT2D eigenvalue weighted by atomic mass is 28.1. The number of rotatable bonds is 7. The highest BCUT2D eigenvalue weighted by molar-refractivity contribution is 6.12. The summed E-state index contributed by atoms with van der Waals surface area (Å²) in [6.45, 7) is 5.59. The molecule has 90 valence electrons. The summed E-state index contributed by atoms with van der Waals surface area (Å²) in [5, 5.41) is 0. The Morgan fingerprint density at radius 2 is 1.56 bits per heavy atom. The molecular weight excluding hydrogens is 220 g/mol. The van der Waals surface area contributed by atoms with Crippen molar-refractivity contribution in [2.75, 3.05) is 13.2 Å². The summed E-state index contributed by atoms with van der Waals surface area (Å²) in [6.07, 6.45) is 0. The van der Waals surface area contributed by atoms with Gasteiger partial charge >= 0.3 is 0 Å². The smallest absolute Gasteiger partial charge is 0.245 e. The minimum absolute atomic E-state index is 0.518. The van der Waals surface area contributed by atoms with E-state index in [4.69, 9.17) is 14.2 Å². The van der Waals surface area contributed by atoms with Crippen molar-refractivity contribution in [2.45, 2.75) is 26.1 Å². The molecule has 1 aromatic carbocycles. The topological polar surface area (TPSA) is 27.7 Å². The Morgan fingerprint density at radius 1 is 1.00 bits per heavy atom. The van der Waals surface area contributed by atoms with Gasteiger partial charge in [0.05, 0.1) is 6.61 Å². The second-order valence-corrected chi connectivity index (χ2v) is 4.73. The Balaban J connectivity index is 2.49. The maximum Gasteiger partial charge on any atom is 0.245 e. The van der Waals surface area contributed by atoms with E-state index in [2.05, 4.69) is 0 Å². The van der Waals surface area contributed by atoms with Crippen LogP contribution in [0, 0.1) is 0 Å². The normalized spacial score (nSPS) is 11.9. The first-order chi connectivity index (χ1) is 7.70. The van der Waals surface area contributed by atoms with Crippen molar-refractivity contribution in [1.29, 1.82) is 0 Å². The van der Waals surface area contributed by atoms with Gasteiger partial charge in [0.25, 0.3) is 0 Å². The average Bonchev–Trinajstić information content (AvgIpc) is 2.29. The van der Waals surface area contributed by atoms with Gasteiger partial charge in [0.1, 0.15) is 10.2 Å². The first-order valence-electron chi connectivity index (χ1n) is 5.66. The van der Waals surface area contributed by atoms with Crippen molar-refractivity contribution in [3.05, 3.63) is 35.9 Å². The molecule has 0 aliphatic heterocycles. The van der Waals surface area contributed by atoms with Gasteiger partial charge in [-0.2, -0.15) is 0 Å². The van der Waals surface area contributed by atoms with Gasteiger partial charge in [0, 0.05) is 13.2 Å². The van der Waals surface area contributed by atoms with Crippen molar-refractivity contribution < 1.29 is 14.2 Å². The largest absolute Gasteiger partial charge is 0.333 e. The maximum atomic E-state index is 5.71. The number of benzene rings is 1. The lowest BCUT2D eigenvalue weighted by molar-refractivity contribution is -0.327. The van der Waals surface area contributed by atoms with Crippen LogP contribution in [0.1, 0.15) is 19.4 Å². The van der Waals surface area contributed by atoms with Gasteiger partial charge in [-0.3, -0.25) is 0 Å². The van der Waals surface area contributed by atoms with Crippen LogP contribution in [0.3, 0.4) is 0 Å². The molecule has 1 aromatic rings. The van der Waals surface area contributed by atoms with Crippen molar-refractivity contribution in [1.82, 2.24) is 0 Å². The predicted octanol–water partition coefficient (Wildman–Crippen LogP) is 1.25. The van der Waals surface area contributed by atoms with Crippen LogP contribution in [0.2, 0.25) is 0 Å². The minimum Gasteiger partial charge on any atom is -0.333 e. The molecule has 4 heteroatoms.